The quantitative estimate of drug-likeness (QED) is 0.878. The van der Waals surface area contributed by atoms with Crippen LogP contribution in [-0.2, 0) is 9.53 Å². The van der Waals surface area contributed by atoms with Crippen LogP contribution in [0.25, 0.3) is 0 Å². The maximum Gasteiger partial charge on any atom is 0.243 e. The average molecular weight is 262 g/mol. The fourth-order valence-electron chi connectivity index (χ4n) is 2.84. The first kappa shape index (κ1) is 13.9. The molecule has 2 unspecified atom stereocenters. The maximum atomic E-state index is 11.9. The summed E-state index contributed by atoms with van der Waals surface area (Å²) in [6, 6.07) is 7.99. The molecule has 2 rings (SSSR count). The van der Waals surface area contributed by atoms with Gasteiger partial charge >= 0.3 is 0 Å². The number of aryl methyl sites for hydroxylation is 1. The van der Waals surface area contributed by atoms with Crippen LogP contribution in [0.4, 0.5) is 5.69 Å². The molecule has 1 aromatic rings. The zero-order valence-electron chi connectivity index (χ0n) is 11.8. The SMILES string of the molecule is Cc1ccc(NC2(C(N)=O)CC(C)OC(C)C2)cc1. The number of primary amides is 1. The monoisotopic (exact) mass is 262 g/mol. The van der Waals surface area contributed by atoms with Crippen molar-refractivity contribution >= 4 is 11.6 Å². The highest BCUT2D eigenvalue weighted by Gasteiger charge is 2.43. The predicted molar refractivity (Wildman–Crippen MR) is 76.0 cm³/mol. The van der Waals surface area contributed by atoms with Gasteiger partial charge in [0.05, 0.1) is 12.2 Å². The van der Waals surface area contributed by atoms with Gasteiger partial charge in [0, 0.05) is 18.5 Å². The highest BCUT2D eigenvalue weighted by molar-refractivity contribution is 5.88. The highest BCUT2D eigenvalue weighted by atomic mass is 16.5. The van der Waals surface area contributed by atoms with Gasteiger partial charge in [-0.2, -0.15) is 0 Å². The van der Waals surface area contributed by atoms with E-state index >= 15 is 0 Å². The molecule has 19 heavy (non-hydrogen) atoms. The number of anilines is 1. The smallest absolute Gasteiger partial charge is 0.243 e. The van der Waals surface area contributed by atoms with E-state index in [0.29, 0.717) is 12.8 Å². The molecule has 0 aromatic heterocycles. The molecular weight excluding hydrogens is 240 g/mol. The molecule has 1 saturated heterocycles. The fourth-order valence-corrected chi connectivity index (χ4v) is 2.84. The summed E-state index contributed by atoms with van der Waals surface area (Å²) in [5, 5.41) is 3.33. The van der Waals surface area contributed by atoms with Gasteiger partial charge in [0.25, 0.3) is 0 Å². The minimum absolute atomic E-state index is 0.0224. The molecule has 104 valence electrons. The second kappa shape index (κ2) is 5.21. The lowest BCUT2D eigenvalue weighted by atomic mass is 9.83. The Labute approximate surface area is 114 Å². The first-order valence-corrected chi connectivity index (χ1v) is 6.71. The number of amides is 1. The second-order valence-corrected chi connectivity index (χ2v) is 5.60. The van der Waals surface area contributed by atoms with Crippen molar-refractivity contribution in [1.29, 1.82) is 0 Å². The van der Waals surface area contributed by atoms with Crippen molar-refractivity contribution in [1.82, 2.24) is 0 Å². The fraction of sp³-hybridized carbons (Fsp3) is 0.533. The Morgan fingerprint density at radius 2 is 1.79 bits per heavy atom. The van der Waals surface area contributed by atoms with Crippen molar-refractivity contribution in [2.45, 2.75) is 51.4 Å². The summed E-state index contributed by atoms with van der Waals surface area (Å²) in [7, 11) is 0. The van der Waals surface area contributed by atoms with E-state index in [4.69, 9.17) is 10.5 Å². The van der Waals surface area contributed by atoms with Gasteiger partial charge in [-0.3, -0.25) is 4.79 Å². The van der Waals surface area contributed by atoms with E-state index in [9.17, 15) is 4.79 Å². The van der Waals surface area contributed by atoms with Gasteiger partial charge in [-0.25, -0.2) is 0 Å². The Morgan fingerprint density at radius 1 is 1.26 bits per heavy atom. The van der Waals surface area contributed by atoms with E-state index < -0.39 is 5.54 Å². The van der Waals surface area contributed by atoms with Crippen molar-refractivity contribution in [3.05, 3.63) is 29.8 Å². The number of carbonyl (C=O) groups is 1. The summed E-state index contributed by atoms with van der Waals surface area (Å²) in [6.07, 6.45) is 1.24. The van der Waals surface area contributed by atoms with Crippen LogP contribution in [0.1, 0.15) is 32.3 Å². The van der Waals surface area contributed by atoms with Gasteiger partial charge < -0.3 is 15.8 Å². The van der Waals surface area contributed by atoms with E-state index in [2.05, 4.69) is 5.32 Å². The van der Waals surface area contributed by atoms with E-state index in [1.165, 1.54) is 5.56 Å². The first-order chi connectivity index (χ1) is 8.91. The topological polar surface area (TPSA) is 64.3 Å². The molecule has 1 heterocycles. The van der Waals surface area contributed by atoms with Crippen LogP contribution in [0, 0.1) is 6.92 Å². The van der Waals surface area contributed by atoms with Crippen LogP contribution in [0.2, 0.25) is 0 Å². The minimum atomic E-state index is -0.716. The average Bonchev–Trinajstić information content (AvgIpc) is 2.30. The third kappa shape index (κ3) is 3.07. The number of ether oxygens (including phenoxy) is 1. The Hall–Kier alpha value is -1.55. The molecule has 1 fully saturated rings. The van der Waals surface area contributed by atoms with Gasteiger partial charge in [0.15, 0.2) is 0 Å². The third-order valence-corrected chi connectivity index (χ3v) is 3.64. The van der Waals surface area contributed by atoms with E-state index in [1.54, 1.807) is 0 Å². The van der Waals surface area contributed by atoms with E-state index in [1.807, 2.05) is 45.0 Å². The van der Waals surface area contributed by atoms with Crippen LogP contribution in [-0.4, -0.2) is 23.7 Å². The highest BCUT2D eigenvalue weighted by Crippen LogP contribution is 2.32. The number of nitrogens with one attached hydrogen (secondary N) is 1. The summed E-state index contributed by atoms with van der Waals surface area (Å²) in [5.41, 5.74) is 7.04. The molecule has 0 aliphatic carbocycles. The van der Waals surface area contributed by atoms with Crippen molar-refractivity contribution in [2.75, 3.05) is 5.32 Å². The standard InChI is InChI=1S/C15H22N2O2/c1-10-4-6-13(7-5-10)17-15(14(16)18)8-11(2)19-12(3)9-15/h4-7,11-12,17H,8-9H2,1-3H3,(H2,16,18). The number of hydrogen-bond acceptors (Lipinski definition) is 3. The van der Waals surface area contributed by atoms with Crippen LogP contribution < -0.4 is 11.1 Å². The Kier molecular flexibility index (Phi) is 3.80. The summed E-state index contributed by atoms with van der Waals surface area (Å²) in [5.74, 6) is -0.310. The maximum absolute atomic E-state index is 11.9. The zero-order chi connectivity index (χ0) is 14.0. The van der Waals surface area contributed by atoms with Crippen molar-refractivity contribution < 1.29 is 9.53 Å². The van der Waals surface area contributed by atoms with Gasteiger partial charge in [-0.15, -0.1) is 0 Å². The van der Waals surface area contributed by atoms with Crippen molar-refractivity contribution in [3.8, 4) is 0 Å². The molecule has 1 aromatic carbocycles. The lowest BCUT2D eigenvalue weighted by molar-refractivity contribution is -0.131. The van der Waals surface area contributed by atoms with Gasteiger partial charge in [0.1, 0.15) is 5.54 Å². The molecule has 0 saturated carbocycles. The molecule has 0 spiro atoms. The summed E-state index contributed by atoms with van der Waals surface area (Å²) in [4.78, 5) is 11.9. The molecule has 1 aliphatic heterocycles. The normalized spacial score (nSPS) is 30.9. The number of rotatable bonds is 3. The molecule has 2 atom stereocenters. The molecule has 4 nitrogen and oxygen atoms in total. The Bertz CT molecular complexity index is 446. The van der Waals surface area contributed by atoms with Gasteiger partial charge in [0.2, 0.25) is 5.91 Å². The molecule has 3 N–H and O–H groups in total. The predicted octanol–water partition coefficient (Wildman–Crippen LogP) is 2.22. The molecule has 4 heteroatoms. The second-order valence-electron chi connectivity index (χ2n) is 5.60. The van der Waals surface area contributed by atoms with Crippen LogP contribution >= 0.6 is 0 Å². The zero-order valence-corrected chi connectivity index (χ0v) is 11.8. The molecule has 0 bridgehead atoms. The molecule has 0 radical (unpaired) electrons. The number of nitrogens with two attached hydrogens (primary N) is 1. The largest absolute Gasteiger partial charge is 0.375 e. The molecule has 1 amide bonds. The minimum Gasteiger partial charge on any atom is -0.375 e. The van der Waals surface area contributed by atoms with E-state index in [0.717, 1.165) is 5.69 Å². The summed E-state index contributed by atoms with van der Waals surface area (Å²) < 4.78 is 5.70. The Balaban J connectivity index is 2.24. The molecular formula is C15H22N2O2. The van der Waals surface area contributed by atoms with Crippen LogP contribution in [0.5, 0.6) is 0 Å². The van der Waals surface area contributed by atoms with Crippen LogP contribution in [0.15, 0.2) is 24.3 Å². The number of carbonyl (C=O) groups excluding carboxylic acids is 1. The van der Waals surface area contributed by atoms with Gasteiger partial charge in [-0.05, 0) is 32.9 Å². The number of hydrogen-bond donors (Lipinski definition) is 2. The third-order valence-electron chi connectivity index (χ3n) is 3.64. The Morgan fingerprint density at radius 3 is 2.26 bits per heavy atom. The summed E-state index contributed by atoms with van der Waals surface area (Å²) in [6.45, 7) is 5.99. The number of benzene rings is 1. The van der Waals surface area contributed by atoms with Crippen LogP contribution in [0.3, 0.4) is 0 Å². The first-order valence-electron chi connectivity index (χ1n) is 6.71. The lowest BCUT2D eigenvalue weighted by Crippen LogP contribution is -2.57. The lowest BCUT2D eigenvalue weighted by Gasteiger charge is -2.41. The summed E-state index contributed by atoms with van der Waals surface area (Å²) >= 11 is 0. The van der Waals surface area contributed by atoms with Crippen molar-refractivity contribution in [3.63, 3.8) is 0 Å². The van der Waals surface area contributed by atoms with Crippen molar-refractivity contribution in [2.24, 2.45) is 5.73 Å². The van der Waals surface area contributed by atoms with E-state index in [-0.39, 0.29) is 18.1 Å². The molecule has 1 aliphatic rings. The van der Waals surface area contributed by atoms with Gasteiger partial charge in [-0.1, -0.05) is 17.7 Å².